The zero-order chi connectivity index (χ0) is 53.6. The standard InChI is InChI=1S/C68H126O6/c1-4-7-10-13-15-17-19-21-23-25-27-29-31-33-35-36-38-40-42-44-46-48-50-52-55-58-61-67(70)73-64-65(63-72-66(69)60-57-54-12-9-6-3)74-68(71)62-59-56-53-51-49-47-45-43-41-39-37-34-32-30-28-26-24-22-20-18-16-14-11-8-5-2/h20,22,26,28,32,34,65H,4-19,21,23-25,27,29-31,33,35-64H2,1-3H3/b22-20-,28-26-,34-32-. The lowest BCUT2D eigenvalue weighted by Crippen LogP contribution is -2.30. The van der Waals surface area contributed by atoms with E-state index in [0.717, 1.165) is 77.0 Å². The Bertz CT molecular complexity index is 1240. The highest BCUT2D eigenvalue weighted by molar-refractivity contribution is 5.71. The molecule has 0 aromatic heterocycles. The molecule has 0 aliphatic heterocycles. The lowest BCUT2D eigenvalue weighted by Gasteiger charge is -2.18. The van der Waals surface area contributed by atoms with E-state index >= 15 is 0 Å². The second-order valence-corrected chi connectivity index (χ2v) is 22.4. The van der Waals surface area contributed by atoms with Gasteiger partial charge < -0.3 is 14.2 Å². The van der Waals surface area contributed by atoms with Crippen LogP contribution in [0.25, 0.3) is 0 Å². The van der Waals surface area contributed by atoms with Gasteiger partial charge in [0.2, 0.25) is 0 Å². The van der Waals surface area contributed by atoms with Crippen LogP contribution in [-0.4, -0.2) is 37.2 Å². The van der Waals surface area contributed by atoms with Crippen molar-refractivity contribution in [3.05, 3.63) is 36.5 Å². The van der Waals surface area contributed by atoms with Crippen molar-refractivity contribution < 1.29 is 28.6 Å². The van der Waals surface area contributed by atoms with Crippen molar-refractivity contribution in [1.29, 1.82) is 0 Å². The number of unbranched alkanes of at least 4 members (excludes halogenated alkanes) is 44. The molecule has 6 heteroatoms. The molecule has 0 aromatic rings. The van der Waals surface area contributed by atoms with Gasteiger partial charge in [0.05, 0.1) is 0 Å². The second-order valence-electron chi connectivity index (χ2n) is 22.4. The van der Waals surface area contributed by atoms with Gasteiger partial charge in [0.1, 0.15) is 13.2 Å². The van der Waals surface area contributed by atoms with Gasteiger partial charge in [-0.15, -0.1) is 0 Å². The Kier molecular flexibility index (Phi) is 61.1. The number of allylic oxidation sites excluding steroid dienone is 6. The quantitative estimate of drug-likeness (QED) is 0.0261. The molecule has 434 valence electrons. The summed E-state index contributed by atoms with van der Waals surface area (Å²) in [6, 6.07) is 0. The molecule has 0 N–H and O–H groups in total. The molecule has 0 aromatic carbocycles. The lowest BCUT2D eigenvalue weighted by molar-refractivity contribution is -0.167. The minimum absolute atomic E-state index is 0.0697. The van der Waals surface area contributed by atoms with Crippen LogP contribution in [0.4, 0.5) is 0 Å². The van der Waals surface area contributed by atoms with E-state index in [1.807, 2.05) is 0 Å². The third-order valence-corrected chi connectivity index (χ3v) is 14.9. The first-order chi connectivity index (χ1) is 36.5. The Morgan fingerprint density at radius 3 is 0.757 bits per heavy atom. The minimum Gasteiger partial charge on any atom is -0.462 e. The van der Waals surface area contributed by atoms with Gasteiger partial charge in [0, 0.05) is 19.3 Å². The van der Waals surface area contributed by atoms with Crippen LogP contribution >= 0.6 is 0 Å². The first kappa shape index (κ1) is 71.6. The van der Waals surface area contributed by atoms with E-state index < -0.39 is 6.10 Å². The van der Waals surface area contributed by atoms with Crippen LogP contribution in [0, 0.1) is 0 Å². The molecule has 1 unspecified atom stereocenters. The summed E-state index contributed by atoms with van der Waals surface area (Å²) in [6.07, 6.45) is 77.9. The molecule has 0 heterocycles. The van der Waals surface area contributed by atoms with Gasteiger partial charge in [-0.3, -0.25) is 14.4 Å². The van der Waals surface area contributed by atoms with Crippen LogP contribution in [0.2, 0.25) is 0 Å². The molecule has 1 atom stereocenters. The third-order valence-electron chi connectivity index (χ3n) is 14.9. The maximum absolute atomic E-state index is 12.8. The van der Waals surface area contributed by atoms with Gasteiger partial charge in [-0.25, -0.2) is 0 Å². The number of hydrogen-bond acceptors (Lipinski definition) is 6. The highest BCUT2D eigenvalue weighted by Crippen LogP contribution is 2.18. The topological polar surface area (TPSA) is 78.9 Å². The summed E-state index contributed by atoms with van der Waals surface area (Å²) in [4.78, 5) is 37.9. The number of esters is 3. The Hall–Kier alpha value is -2.37. The normalized spacial score (nSPS) is 12.2. The first-order valence-corrected chi connectivity index (χ1v) is 33.0. The van der Waals surface area contributed by atoms with E-state index in [0.29, 0.717) is 19.3 Å². The molecular formula is C68H126O6. The summed E-state index contributed by atoms with van der Waals surface area (Å²) < 4.78 is 16.8. The summed E-state index contributed by atoms with van der Waals surface area (Å²) in [5, 5.41) is 0. The van der Waals surface area contributed by atoms with Gasteiger partial charge in [-0.2, -0.15) is 0 Å². The smallest absolute Gasteiger partial charge is 0.306 e. The summed E-state index contributed by atoms with van der Waals surface area (Å²) in [5.41, 5.74) is 0. The highest BCUT2D eigenvalue weighted by atomic mass is 16.6. The average Bonchev–Trinajstić information content (AvgIpc) is 3.40. The van der Waals surface area contributed by atoms with Crippen molar-refractivity contribution >= 4 is 17.9 Å². The van der Waals surface area contributed by atoms with Gasteiger partial charge >= 0.3 is 17.9 Å². The molecule has 0 amide bonds. The second kappa shape index (κ2) is 63.2. The van der Waals surface area contributed by atoms with Crippen molar-refractivity contribution in [2.24, 2.45) is 0 Å². The van der Waals surface area contributed by atoms with Crippen LogP contribution < -0.4 is 0 Å². The predicted octanol–water partition coefficient (Wildman–Crippen LogP) is 22.4. The zero-order valence-electron chi connectivity index (χ0n) is 49.9. The molecular weight excluding hydrogens is 913 g/mol. The fourth-order valence-corrected chi connectivity index (χ4v) is 9.92. The molecule has 6 nitrogen and oxygen atoms in total. The number of carbonyl (C=O) groups excluding carboxylic acids is 3. The van der Waals surface area contributed by atoms with Crippen molar-refractivity contribution in [3.63, 3.8) is 0 Å². The van der Waals surface area contributed by atoms with E-state index in [9.17, 15) is 14.4 Å². The fourth-order valence-electron chi connectivity index (χ4n) is 9.92. The number of carbonyl (C=O) groups is 3. The molecule has 0 saturated heterocycles. The van der Waals surface area contributed by atoms with E-state index in [4.69, 9.17) is 14.2 Å². The summed E-state index contributed by atoms with van der Waals surface area (Å²) >= 11 is 0. The largest absolute Gasteiger partial charge is 0.462 e. The van der Waals surface area contributed by atoms with Gasteiger partial charge in [-0.1, -0.05) is 320 Å². The van der Waals surface area contributed by atoms with Crippen molar-refractivity contribution in [2.75, 3.05) is 13.2 Å². The highest BCUT2D eigenvalue weighted by Gasteiger charge is 2.19. The maximum atomic E-state index is 12.8. The summed E-state index contributed by atoms with van der Waals surface area (Å²) in [5.74, 6) is -0.867. The molecule has 0 radical (unpaired) electrons. The molecule has 74 heavy (non-hydrogen) atoms. The third kappa shape index (κ3) is 60.5. The van der Waals surface area contributed by atoms with Gasteiger partial charge in [0.25, 0.3) is 0 Å². The van der Waals surface area contributed by atoms with Crippen molar-refractivity contribution in [1.82, 2.24) is 0 Å². The van der Waals surface area contributed by atoms with Gasteiger partial charge in [-0.05, 0) is 57.8 Å². The van der Waals surface area contributed by atoms with E-state index in [1.54, 1.807) is 0 Å². The zero-order valence-corrected chi connectivity index (χ0v) is 49.9. The van der Waals surface area contributed by atoms with E-state index in [-0.39, 0.29) is 31.1 Å². The number of hydrogen-bond donors (Lipinski definition) is 0. The summed E-state index contributed by atoms with van der Waals surface area (Å²) in [7, 11) is 0. The van der Waals surface area contributed by atoms with Crippen LogP contribution in [0.5, 0.6) is 0 Å². The Balaban J connectivity index is 3.99. The monoisotopic (exact) mass is 1040 g/mol. The molecule has 0 bridgehead atoms. The van der Waals surface area contributed by atoms with Crippen LogP contribution in [-0.2, 0) is 28.6 Å². The number of rotatable bonds is 61. The van der Waals surface area contributed by atoms with Crippen molar-refractivity contribution in [2.45, 2.75) is 367 Å². The minimum atomic E-state index is -0.769. The molecule has 0 aliphatic carbocycles. The Labute approximate surface area is 461 Å². The van der Waals surface area contributed by atoms with Gasteiger partial charge in [0.15, 0.2) is 6.10 Å². The average molecular weight is 1040 g/mol. The Morgan fingerprint density at radius 2 is 0.486 bits per heavy atom. The molecule has 0 aliphatic rings. The fraction of sp³-hybridized carbons (Fsp3) is 0.868. The van der Waals surface area contributed by atoms with Crippen LogP contribution in [0.1, 0.15) is 361 Å². The molecule has 0 rings (SSSR count). The summed E-state index contributed by atoms with van der Waals surface area (Å²) in [6.45, 7) is 6.60. The molecule has 0 spiro atoms. The number of ether oxygens (including phenoxy) is 3. The van der Waals surface area contributed by atoms with Crippen molar-refractivity contribution in [3.8, 4) is 0 Å². The van der Waals surface area contributed by atoms with E-state index in [2.05, 4.69) is 57.2 Å². The predicted molar refractivity (Wildman–Crippen MR) is 321 cm³/mol. The SMILES string of the molecule is CCCCCCC/C=C\C/C=C\C/C=C\CCCCCCCCCCCCC(=O)OC(COC(=O)CCCCCCC)COC(=O)CCCCCCCCCCCCCCCCCCCCCCCCCCCC. The maximum Gasteiger partial charge on any atom is 0.306 e. The van der Waals surface area contributed by atoms with E-state index in [1.165, 1.54) is 244 Å². The molecule has 0 fully saturated rings. The first-order valence-electron chi connectivity index (χ1n) is 33.0. The molecule has 0 saturated carbocycles. The Morgan fingerprint density at radius 1 is 0.270 bits per heavy atom. The lowest BCUT2D eigenvalue weighted by atomic mass is 10.0. The van der Waals surface area contributed by atoms with Crippen LogP contribution in [0.15, 0.2) is 36.5 Å². The van der Waals surface area contributed by atoms with Crippen LogP contribution in [0.3, 0.4) is 0 Å².